The summed E-state index contributed by atoms with van der Waals surface area (Å²) in [5, 5.41) is 6.71. The molecule has 0 aromatic carbocycles. The second-order valence-electron chi connectivity index (χ2n) is 8.14. The van der Waals surface area contributed by atoms with Gasteiger partial charge in [0.1, 0.15) is 6.54 Å². The lowest BCUT2D eigenvalue weighted by atomic mass is 9.93. The Kier molecular flexibility index (Phi) is 10.2. The first-order valence-electron chi connectivity index (χ1n) is 9.97. The Bertz CT molecular complexity index is 463. The van der Waals surface area contributed by atoms with Crippen molar-refractivity contribution in [3.63, 3.8) is 0 Å². The number of hydrogen-bond donors (Lipinski definition) is 2. The summed E-state index contributed by atoms with van der Waals surface area (Å²) in [5.74, 6) is 1.65. The van der Waals surface area contributed by atoms with Gasteiger partial charge in [0.25, 0.3) is 0 Å². The van der Waals surface area contributed by atoms with E-state index in [4.69, 9.17) is 0 Å². The molecule has 7 heteroatoms. The van der Waals surface area contributed by atoms with Crippen molar-refractivity contribution in [1.82, 2.24) is 20.4 Å². The quantitative estimate of drug-likeness (QED) is 0.349. The topological polar surface area (TPSA) is 60.0 Å². The third kappa shape index (κ3) is 7.21. The van der Waals surface area contributed by atoms with Gasteiger partial charge in [-0.1, -0.05) is 6.92 Å². The molecule has 0 aliphatic carbocycles. The van der Waals surface area contributed by atoms with Gasteiger partial charge in [0.05, 0.1) is 0 Å². The standard InChI is InChI=1S/C19H37N5O.HI/c1-5-20-18(21-13-17(25)23-10-6-7-11-23)22-15-19(3,4)24-12-8-9-16(2)14-24;/h16H,5-15H2,1-4H3,(H2,20,21,22);1H. The van der Waals surface area contributed by atoms with Crippen LogP contribution in [0.5, 0.6) is 0 Å². The maximum Gasteiger partial charge on any atom is 0.244 e. The SMILES string of the molecule is CCNC(=NCC(=O)N1CCCC1)NCC(C)(C)N1CCCC(C)C1.I. The first-order chi connectivity index (χ1) is 11.9. The van der Waals surface area contributed by atoms with E-state index in [9.17, 15) is 4.79 Å². The lowest BCUT2D eigenvalue weighted by Gasteiger charge is -2.43. The zero-order valence-corrected chi connectivity index (χ0v) is 19.3. The van der Waals surface area contributed by atoms with Crippen LogP contribution in [-0.2, 0) is 4.79 Å². The van der Waals surface area contributed by atoms with E-state index in [1.807, 2.05) is 4.90 Å². The van der Waals surface area contributed by atoms with Crippen molar-refractivity contribution in [2.75, 3.05) is 45.8 Å². The molecule has 2 heterocycles. The summed E-state index contributed by atoms with van der Waals surface area (Å²) in [4.78, 5) is 21.2. The van der Waals surface area contributed by atoms with E-state index in [2.05, 4.69) is 48.2 Å². The molecule has 2 fully saturated rings. The minimum atomic E-state index is 0. The molecular formula is C19H38IN5O. The fraction of sp³-hybridized carbons (Fsp3) is 0.895. The van der Waals surface area contributed by atoms with Gasteiger partial charge >= 0.3 is 0 Å². The molecule has 2 saturated heterocycles. The number of hydrogen-bond acceptors (Lipinski definition) is 3. The van der Waals surface area contributed by atoms with E-state index >= 15 is 0 Å². The number of amides is 1. The Morgan fingerprint density at radius 1 is 1.15 bits per heavy atom. The predicted molar refractivity (Wildman–Crippen MR) is 119 cm³/mol. The van der Waals surface area contributed by atoms with Gasteiger partial charge in [-0.25, -0.2) is 4.99 Å². The number of aliphatic imine (C=N–C) groups is 1. The maximum absolute atomic E-state index is 12.2. The smallest absolute Gasteiger partial charge is 0.244 e. The average Bonchev–Trinajstić information content (AvgIpc) is 3.12. The first kappa shape index (κ1) is 23.5. The van der Waals surface area contributed by atoms with E-state index in [0.717, 1.165) is 57.4 Å². The van der Waals surface area contributed by atoms with Crippen LogP contribution in [0.3, 0.4) is 0 Å². The molecule has 1 amide bonds. The normalized spacial score (nSPS) is 22.1. The Hall–Kier alpha value is -0.570. The van der Waals surface area contributed by atoms with Crippen LogP contribution >= 0.6 is 24.0 Å². The van der Waals surface area contributed by atoms with Crippen molar-refractivity contribution >= 4 is 35.8 Å². The van der Waals surface area contributed by atoms with Crippen molar-refractivity contribution in [3.8, 4) is 0 Å². The molecule has 2 aliphatic rings. The van der Waals surface area contributed by atoms with Gasteiger partial charge in [0, 0.05) is 38.3 Å². The van der Waals surface area contributed by atoms with Crippen molar-refractivity contribution in [2.45, 2.75) is 58.9 Å². The van der Waals surface area contributed by atoms with Crippen molar-refractivity contribution in [2.24, 2.45) is 10.9 Å². The minimum Gasteiger partial charge on any atom is -0.357 e. The maximum atomic E-state index is 12.2. The number of piperidine rings is 1. The molecule has 0 aromatic heterocycles. The molecule has 0 spiro atoms. The Balaban J connectivity index is 0.00000338. The molecule has 2 rings (SSSR count). The third-order valence-corrected chi connectivity index (χ3v) is 5.38. The van der Waals surface area contributed by atoms with E-state index in [0.29, 0.717) is 0 Å². The fourth-order valence-electron chi connectivity index (χ4n) is 3.71. The van der Waals surface area contributed by atoms with Crippen LogP contribution in [0.4, 0.5) is 0 Å². The monoisotopic (exact) mass is 479 g/mol. The van der Waals surface area contributed by atoms with Gasteiger partial charge in [0.15, 0.2) is 5.96 Å². The molecule has 1 atom stereocenters. The molecule has 26 heavy (non-hydrogen) atoms. The van der Waals surface area contributed by atoms with Crippen LogP contribution in [0.1, 0.15) is 53.4 Å². The summed E-state index contributed by atoms with van der Waals surface area (Å²) in [5.41, 5.74) is 0.0732. The van der Waals surface area contributed by atoms with Crippen LogP contribution < -0.4 is 10.6 Å². The van der Waals surface area contributed by atoms with E-state index in [-0.39, 0.29) is 42.0 Å². The molecule has 0 saturated carbocycles. The van der Waals surface area contributed by atoms with E-state index in [1.54, 1.807) is 0 Å². The van der Waals surface area contributed by atoms with Crippen LogP contribution in [0.25, 0.3) is 0 Å². The molecule has 6 nitrogen and oxygen atoms in total. The molecule has 0 bridgehead atoms. The van der Waals surface area contributed by atoms with Crippen LogP contribution in [0.2, 0.25) is 0 Å². The highest BCUT2D eigenvalue weighted by Gasteiger charge is 2.30. The highest BCUT2D eigenvalue weighted by molar-refractivity contribution is 14.0. The second kappa shape index (κ2) is 11.3. The van der Waals surface area contributed by atoms with Crippen molar-refractivity contribution in [3.05, 3.63) is 0 Å². The third-order valence-electron chi connectivity index (χ3n) is 5.38. The summed E-state index contributed by atoms with van der Waals surface area (Å²) in [7, 11) is 0. The zero-order chi connectivity index (χ0) is 18.3. The molecule has 152 valence electrons. The van der Waals surface area contributed by atoms with Gasteiger partial charge in [-0.2, -0.15) is 0 Å². The minimum absolute atomic E-state index is 0. The van der Waals surface area contributed by atoms with Crippen molar-refractivity contribution in [1.29, 1.82) is 0 Å². The number of guanidine groups is 1. The number of carbonyl (C=O) groups excluding carboxylic acids is 1. The summed E-state index contributed by atoms with van der Waals surface area (Å²) in [6, 6.07) is 0. The number of nitrogens with zero attached hydrogens (tertiary/aromatic N) is 3. The number of halogens is 1. The number of carbonyl (C=O) groups is 1. The molecular weight excluding hydrogens is 441 g/mol. The highest BCUT2D eigenvalue weighted by atomic mass is 127. The van der Waals surface area contributed by atoms with Crippen LogP contribution in [-0.4, -0.2) is 73.0 Å². The van der Waals surface area contributed by atoms with Crippen molar-refractivity contribution < 1.29 is 4.79 Å². The van der Waals surface area contributed by atoms with Gasteiger partial charge in [0.2, 0.25) is 5.91 Å². The van der Waals surface area contributed by atoms with E-state index < -0.39 is 0 Å². The number of likely N-dealkylation sites (tertiary alicyclic amines) is 2. The van der Waals surface area contributed by atoms with E-state index in [1.165, 1.54) is 19.4 Å². The first-order valence-corrected chi connectivity index (χ1v) is 9.97. The molecule has 0 radical (unpaired) electrons. The van der Waals surface area contributed by atoms with Gasteiger partial charge in [-0.15, -0.1) is 24.0 Å². The van der Waals surface area contributed by atoms with Gasteiger partial charge in [-0.3, -0.25) is 9.69 Å². The number of nitrogens with one attached hydrogen (secondary N) is 2. The lowest BCUT2D eigenvalue weighted by Crippen LogP contribution is -2.56. The largest absolute Gasteiger partial charge is 0.357 e. The van der Waals surface area contributed by atoms with Crippen LogP contribution in [0, 0.1) is 5.92 Å². The number of rotatable bonds is 6. The average molecular weight is 479 g/mol. The van der Waals surface area contributed by atoms with Crippen LogP contribution in [0.15, 0.2) is 4.99 Å². The lowest BCUT2D eigenvalue weighted by molar-refractivity contribution is -0.128. The Labute approximate surface area is 176 Å². The Morgan fingerprint density at radius 3 is 2.46 bits per heavy atom. The zero-order valence-electron chi connectivity index (χ0n) is 17.0. The fourth-order valence-corrected chi connectivity index (χ4v) is 3.71. The van der Waals surface area contributed by atoms with Gasteiger partial charge < -0.3 is 15.5 Å². The molecule has 1 unspecified atom stereocenters. The molecule has 2 aliphatic heterocycles. The summed E-state index contributed by atoms with van der Waals surface area (Å²) >= 11 is 0. The predicted octanol–water partition coefficient (Wildman–Crippen LogP) is 2.29. The highest BCUT2D eigenvalue weighted by Crippen LogP contribution is 2.23. The summed E-state index contributed by atoms with van der Waals surface area (Å²) in [6.07, 6.45) is 4.86. The molecule has 2 N–H and O–H groups in total. The molecule has 0 aromatic rings. The van der Waals surface area contributed by atoms with Gasteiger partial charge in [-0.05, 0) is 58.9 Å². The summed E-state index contributed by atoms with van der Waals surface area (Å²) in [6.45, 7) is 14.9. The summed E-state index contributed by atoms with van der Waals surface area (Å²) < 4.78 is 0. The Morgan fingerprint density at radius 2 is 1.85 bits per heavy atom. The second-order valence-corrected chi connectivity index (χ2v) is 8.14.